The Labute approximate surface area is 88.0 Å². The summed E-state index contributed by atoms with van der Waals surface area (Å²) in [6.45, 7) is 2.22. The Morgan fingerprint density at radius 3 is 2.67 bits per heavy atom. The maximum atomic E-state index is 4.25. The van der Waals surface area contributed by atoms with Crippen LogP contribution in [0.25, 0.3) is 0 Å². The summed E-state index contributed by atoms with van der Waals surface area (Å²) in [4.78, 5) is 4.25. The molecule has 0 amide bonds. The van der Waals surface area contributed by atoms with Gasteiger partial charge in [-0.05, 0) is 25.0 Å². The summed E-state index contributed by atoms with van der Waals surface area (Å²) in [5.74, 6) is 0. The summed E-state index contributed by atoms with van der Waals surface area (Å²) in [5, 5.41) is 0. The standard InChI is InChI=1S/C10H15N.Ir/c1-2-3-4-7-10-8-5-6-9-11-10;/h5-6,8-9H,2-4,7H2,1H3;. The molecule has 0 N–H and O–H groups in total. The van der Waals surface area contributed by atoms with E-state index in [9.17, 15) is 0 Å². The Hall–Kier alpha value is -0.201. The van der Waals surface area contributed by atoms with Crippen molar-refractivity contribution in [1.29, 1.82) is 0 Å². The summed E-state index contributed by atoms with van der Waals surface area (Å²) >= 11 is 0. The summed E-state index contributed by atoms with van der Waals surface area (Å²) in [6, 6.07) is 6.10. The van der Waals surface area contributed by atoms with Crippen molar-refractivity contribution in [3.63, 3.8) is 0 Å². The molecule has 0 saturated heterocycles. The maximum Gasteiger partial charge on any atom is 0.0403 e. The molecule has 2 heteroatoms. The fourth-order valence-corrected chi connectivity index (χ4v) is 1.10. The quantitative estimate of drug-likeness (QED) is 0.768. The van der Waals surface area contributed by atoms with E-state index in [1.165, 1.54) is 25.0 Å². The smallest absolute Gasteiger partial charge is 0.0403 e. The van der Waals surface area contributed by atoms with E-state index in [4.69, 9.17) is 0 Å². The van der Waals surface area contributed by atoms with E-state index in [-0.39, 0.29) is 20.1 Å². The molecule has 1 nitrogen and oxygen atoms in total. The molecule has 0 aromatic carbocycles. The van der Waals surface area contributed by atoms with Gasteiger partial charge in [0.1, 0.15) is 0 Å². The van der Waals surface area contributed by atoms with Crippen LogP contribution in [0.1, 0.15) is 31.9 Å². The van der Waals surface area contributed by atoms with Crippen molar-refractivity contribution < 1.29 is 20.1 Å². The molecule has 1 heterocycles. The molecule has 0 spiro atoms. The van der Waals surface area contributed by atoms with Crippen LogP contribution in [0.2, 0.25) is 0 Å². The van der Waals surface area contributed by atoms with E-state index in [1.807, 2.05) is 18.3 Å². The third kappa shape index (κ3) is 4.63. The first-order valence-electron chi connectivity index (χ1n) is 4.33. The maximum absolute atomic E-state index is 4.25. The van der Waals surface area contributed by atoms with Crippen molar-refractivity contribution in [2.24, 2.45) is 0 Å². The molecule has 0 saturated carbocycles. The van der Waals surface area contributed by atoms with Crippen LogP contribution < -0.4 is 0 Å². The largest absolute Gasteiger partial charge is 0.261 e. The van der Waals surface area contributed by atoms with E-state index in [2.05, 4.69) is 18.0 Å². The average molecular weight is 341 g/mol. The first kappa shape index (κ1) is 11.8. The van der Waals surface area contributed by atoms with Crippen molar-refractivity contribution in [2.45, 2.75) is 32.6 Å². The van der Waals surface area contributed by atoms with Gasteiger partial charge in [-0.1, -0.05) is 25.8 Å². The monoisotopic (exact) mass is 342 g/mol. The minimum atomic E-state index is 0. The first-order chi connectivity index (χ1) is 5.43. The van der Waals surface area contributed by atoms with Gasteiger partial charge in [0.15, 0.2) is 0 Å². The van der Waals surface area contributed by atoms with Crippen molar-refractivity contribution >= 4 is 0 Å². The van der Waals surface area contributed by atoms with Gasteiger partial charge < -0.3 is 0 Å². The van der Waals surface area contributed by atoms with Crippen LogP contribution in [0.5, 0.6) is 0 Å². The van der Waals surface area contributed by atoms with Gasteiger partial charge in [0, 0.05) is 32.0 Å². The Kier molecular flexibility index (Phi) is 7.32. The van der Waals surface area contributed by atoms with Gasteiger partial charge in [-0.2, -0.15) is 0 Å². The second-order valence-electron chi connectivity index (χ2n) is 2.78. The summed E-state index contributed by atoms with van der Waals surface area (Å²) in [6.07, 6.45) is 6.87. The fraction of sp³-hybridized carbons (Fsp3) is 0.500. The second-order valence-corrected chi connectivity index (χ2v) is 2.78. The molecular formula is C10H15IrN. The van der Waals surface area contributed by atoms with Crippen LogP contribution >= 0.6 is 0 Å². The molecule has 12 heavy (non-hydrogen) atoms. The predicted molar refractivity (Wildman–Crippen MR) is 47.5 cm³/mol. The van der Waals surface area contributed by atoms with Gasteiger partial charge in [0.05, 0.1) is 0 Å². The Bertz CT molecular complexity index is 186. The van der Waals surface area contributed by atoms with Crippen molar-refractivity contribution in [3.8, 4) is 0 Å². The van der Waals surface area contributed by atoms with Crippen LogP contribution in [0, 0.1) is 0 Å². The molecule has 1 radical (unpaired) electrons. The third-order valence-electron chi connectivity index (χ3n) is 1.76. The van der Waals surface area contributed by atoms with Crippen molar-refractivity contribution in [2.75, 3.05) is 0 Å². The zero-order chi connectivity index (χ0) is 7.94. The minimum absolute atomic E-state index is 0. The third-order valence-corrected chi connectivity index (χ3v) is 1.76. The fourth-order valence-electron chi connectivity index (χ4n) is 1.10. The normalized spacial score (nSPS) is 9.08. The summed E-state index contributed by atoms with van der Waals surface area (Å²) < 4.78 is 0. The van der Waals surface area contributed by atoms with Crippen molar-refractivity contribution in [3.05, 3.63) is 30.1 Å². The predicted octanol–water partition coefficient (Wildman–Crippen LogP) is 2.81. The summed E-state index contributed by atoms with van der Waals surface area (Å²) in [5.41, 5.74) is 1.22. The van der Waals surface area contributed by atoms with E-state index in [0.717, 1.165) is 6.42 Å². The molecule has 69 valence electrons. The number of pyridine rings is 1. The van der Waals surface area contributed by atoms with Crippen LogP contribution in [0.3, 0.4) is 0 Å². The Morgan fingerprint density at radius 2 is 2.08 bits per heavy atom. The molecule has 0 bridgehead atoms. The molecule has 1 aromatic rings. The van der Waals surface area contributed by atoms with Gasteiger partial charge in [-0.3, -0.25) is 4.98 Å². The molecule has 0 aliphatic carbocycles. The van der Waals surface area contributed by atoms with Crippen LogP contribution in [-0.4, -0.2) is 4.98 Å². The first-order valence-corrected chi connectivity index (χ1v) is 4.33. The van der Waals surface area contributed by atoms with E-state index < -0.39 is 0 Å². The Balaban J connectivity index is 0.00000121. The van der Waals surface area contributed by atoms with Crippen LogP contribution in [-0.2, 0) is 26.5 Å². The van der Waals surface area contributed by atoms with Crippen LogP contribution in [0.15, 0.2) is 24.4 Å². The van der Waals surface area contributed by atoms with Gasteiger partial charge in [-0.25, -0.2) is 0 Å². The van der Waals surface area contributed by atoms with Crippen LogP contribution in [0.4, 0.5) is 0 Å². The zero-order valence-corrected chi connectivity index (χ0v) is 9.81. The van der Waals surface area contributed by atoms with E-state index >= 15 is 0 Å². The SMILES string of the molecule is CCCCCc1ccccn1.[Ir]. The zero-order valence-electron chi connectivity index (χ0n) is 7.42. The molecule has 0 atom stereocenters. The molecule has 1 aromatic heterocycles. The molecule has 0 aliphatic rings. The molecule has 0 unspecified atom stereocenters. The molecule has 0 fully saturated rings. The van der Waals surface area contributed by atoms with Crippen molar-refractivity contribution in [1.82, 2.24) is 4.98 Å². The second kappa shape index (κ2) is 7.45. The number of unbranched alkanes of at least 4 members (excludes halogenated alkanes) is 2. The van der Waals surface area contributed by atoms with E-state index in [1.54, 1.807) is 0 Å². The molecule has 1 rings (SSSR count). The number of nitrogens with zero attached hydrogens (tertiary/aromatic N) is 1. The number of aromatic nitrogens is 1. The number of hydrogen-bond donors (Lipinski definition) is 0. The van der Waals surface area contributed by atoms with Gasteiger partial charge in [0.25, 0.3) is 0 Å². The minimum Gasteiger partial charge on any atom is -0.261 e. The Morgan fingerprint density at radius 1 is 1.25 bits per heavy atom. The topological polar surface area (TPSA) is 12.9 Å². The number of aryl methyl sites for hydroxylation is 1. The van der Waals surface area contributed by atoms with Gasteiger partial charge >= 0.3 is 0 Å². The van der Waals surface area contributed by atoms with E-state index in [0.29, 0.717) is 0 Å². The summed E-state index contributed by atoms with van der Waals surface area (Å²) in [7, 11) is 0. The molecular weight excluding hydrogens is 326 g/mol. The van der Waals surface area contributed by atoms with Gasteiger partial charge in [0.2, 0.25) is 0 Å². The van der Waals surface area contributed by atoms with Gasteiger partial charge in [-0.15, -0.1) is 0 Å². The average Bonchev–Trinajstić information content (AvgIpc) is 2.07. The molecule has 0 aliphatic heterocycles. The number of rotatable bonds is 4. The number of hydrogen-bond acceptors (Lipinski definition) is 1.